The van der Waals surface area contributed by atoms with Crippen LogP contribution in [0.2, 0.25) is 23.2 Å². The van der Waals surface area contributed by atoms with Gasteiger partial charge in [-0.15, -0.1) is 0 Å². The molecule has 0 unspecified atom stereocenters. The van der Waals surface area contributed by atoms with Gasteiger partial charge in [-0.3, -0.25) is 4.79 Å². The summed E-state index contributed by atoms with van der Waals surface area (Å²) in [5, 5.41) is 0.405. The normalized spacial score (nSPS) is 22.0. The number of rotatable bonds is 5. The molecule has 1 atom stereocenters. The molecule has 0 fully saturated rings. The average Bonchev–Trinajstić information content (AvgIpc) is 2.35. The van der Waals surface area contributed by atoms with Crippen molar-refractivity contribution in [3.63, 3.8) is 0 Å². The smallest absolute Gasteiger partial charge is 0.168 e. The quantitative estimate of drug-likeness (QED) is 0.451. The lowest BCUT2D eigenvalue weighted by molar-refractivity contribution is -0.115. The topological polar surface area (TPSA) is 17.1 Å². The van der Waals surface area contributed by atoms with E-state index in [0.717, 1.165) is 16.4 Å². The summed E-state index contributed by atoms with van der Waals surface area (Å²) < 4.78 is 0.975. The molecule has 0 heterocycles. The Labute approximate surface area is 127 Å². The molecule has 0 radical (unpaired) electrons. The lowest BCUT2D eigenvalue weighted by atomic mass is 9.85. The Morgan fingerprint density at radius 3 is 2.17 bits per heavy atom. The molecule has 0 aromatic carbocycles. The van der Waals surface area contributed by atoms with Crippen LogP contribution in [0.3, 0.4) is 0 Å². The van der Waals surface area contributed by atoms with Crippen LogP contribution in [0.5, 0.6) is 0 Å². The van der Waals surface area contributed by atoms with Gasteiger partial charge in [-0.05, 0) is 40.0 Å². The van der Waals surface area contributed by atoms with E-state index >= 15 is 0 Å². The number of ketones is 1. The van der Waals surface area contributed by atoms with E-state index in [-0.39, 0.29) is 0 Å². The van der Waals surface area contributed by atoms with Crippen LogP contribution >= 0.6 is 22.6 Å². The zero-order chi connectivity index (χ0) is 14.0. The van der Waals surface area contributed by atoms with E-state index in [1.54, 1.807) is 0 Å². The molecule has 1 aliphatic carbocycles. The minimum Gasteiger partial charge on any atom is -0.294 e. The first-order chi connectivity index (χ1) is 8.34. The highest BCUT2D eigenvalue weighted by molar-refractivity contribution is 14.1. The van der Waals surface area contributed by atoms with Gasteiger partial charge >= 0.3 is 0 Å². The molecule has 0 spiro atoms. The van der Waals surface area contributed by atoms with Crippen molar-refractivity contribution in [1.82, 2.24) is 0 Å². The highest BCUT2D eigenvalue weighted by Crippen LogP contribution is 2.53. The van der Waals surface area contributed by atoms with Crippen LogP contribution in [0.15, 0.2) is 9.66 Å². The highest BCUT2D eigenvalue weighted by Gasteiger charge is 2.47. The molecule has 0 aromatic rings. The Hall–Kier alpha value is 0.357. The number of allylic oxidation sites excluding steroid dienone is 2. The van der Waals surface area contributed by atoms with Crippen LogP contribution in [0, 0.1) is 5.92 Å². The molecule has 0 aromatic heterocycles. The monoisotopic (exact) mass is 378 g/mol. The molecular formula is C15H27IOSi. The summed E-state index contributed by atoms with van der Waals surface area (Å²) in [5.74, 6) is 0.952. The first-order valence-corrected chi connectivity index (χ1v) is 10.9. The van der Waals surface area contributed by atoms with E-state index in [9.17, 15) is 4.79 Å². The van der Waals surface area contributed by atoms with Crippen molar-refractivity contribution in [3.8, 4) is 0 Å². The third kappa shape index (κ3) is 2.76. The molecule has 0 saturated heterocycles. The fraction of sp³-hybridized carbons (Fsp3) is 0.800. The lowest BCUT2D eigenvalue weighted by Crippen LogP contribution is -2.47. The van der Waals surface area contributed by atoms with Gasteiger partial charge in [-0.2, -0.15) is 0 Å². The van der Waals surface area contributed by atoms with E-state index in [1.807, 2.05) is 0 Å². The molecule has 1 rings (SSSR count). The molecule has 1 nitrogen and oxygen atoms in total. The predicted molar refractivity (Wildman–Crippen MR) is 91.1 cm³/mol. The SMILES string of the molecule is CC[Si](CC)(CC)C(C)(C)[C@H]1C=C(I)C(=O)CC1. The molecule has 0 N–H and O–H groups in total. The van der Waals surface area contributed by atoms with Crippen molar-refractivity contribution in [1.29, 1.82) is 0 Å². The largest absolute Gasteiger partial charge is 0.294 e. The lowest BCUT2D eigenvalue weighted by Gasteiger charge is -2.49. The zero-order valence-corrected chi connectivity index (χ0v) is 15.6. The molecule has 104 valence electrons. The Balaban J connectivity index is 3.09. The molecular weight excluding hydrogens is 351 g/mol. The van der Waals surface area contributed by atoms with E-state index in [4.69, 9.17) is 0 Å². The minimum atomic E-state index is -1.24. The maximum atomic E-state index is 11.7. The second-order valence-corrected chi connectivity index (χ2v) is 13.3. The van der Waals surface area contributed by atoms with Gasteiger partial charge in [0.25, 0.3) is 0 Å². The fourth-order valence-corrected chi connectivity index (χ4v) is 9.79. The van der Waals surface area contributed by atoms with Crippen LogP contribution in [0.4, 0.5) is 0 Å². The Morgan fingerprint density at radius 1 is 1.28 bits per heavy atom. The van der Waals surface area contributed by atoms with Crippen molar-refractivity contribution in [2.75, 3.05) is 0 Å². The molecule has 0 amide bonds. The molecule has 0 bridgehead atoms. The second-order valence-electron chi connectivity index (χ2n) is 6.15. The molecule has 0 aliphatic heterocycles. The van der Waals surface area contributed by atoms with Crippen LogP contribution in [0.1, 0.15) is 47.5 Å². The van der Waals surface area contributed by atoms with Gasteiger partial charge < -0.3 is 0 Å². The first kappa shape index (κ1) is 16.4. The third-order valence-corrected chi connectivity index (χ3v) is 13.7. The summed E-state index contributed by atoms with van der Waals surface area (Å²) in [6.45, 7) is 12.1. The number of halogens is 1. The molecule has 3 heteroatoms. The van der Waals surface area contributed by atoms with Gasteiger partial charge in [-0.1, -0.05) is 58.8 Å². The van der Waals surface area contributed by atoms with E-state index < -0.39 is 8.07 Å². The Kier molecular flexibility index (Phi) is 5.66. The van der Waals surface area contributed by atoms with Gasteiger partial charge in [-0.25, -0.2) is 0 Å². The maximum Gasteiger partial charge on any atom is 0.168 e. The number of Topliss-reactive ketones (excluding diaryl/α,β-unsaturated/α-hetero) is 1. The van der Waals surface area contributed by atoms with Gasteiger partial charge in [0.05, 0.1) is 11.7 Å². The van der Waals surface area contributed by atoms with Gasteiger partial charge in [0.15, 0.2) is 5.78 Å². The summed E-state index contributed by atoms with van der Waals surface area (Å²) in [6, 6.07) is 4.09. The average molecular weight is 378 g/mol. The molecule has 0 saturated carbocycles. The number of carbonyl (C=O) groups is 1. The highest BCUT2D eigenvalue weighted by atomic mass is 127. The standard InChI is InChI=1S/C15H27IOSi/c1-6-18(7-2,8-3)15(4,5)12-9-10-14(17)13(16)11-12/h11-12H,6-10H2,1-5H3/t12-/m1/s1. The summed E-state index contributed by atoms with van der Waals surface area (Å²) in [4.78, 5) is 11.7. The van der Waals surface area contributed by atoms with Crippen molar-refractivity contribution >= 4 is 36.4 Å². The minimum absolute atomic E-state index is 0.347. The summed E-state index contributed by atoms with van der Waals surface area (Å²) in [5.41, 5.74) is 0. The van der Waals surface area contributed by atoms with Crippen molar-refractivity contribution in [3.05, 3.63) is 9.66 Å². The Bertz CT molecular complexity index is 334. The number of hydrogen-bond donors (Lipinski definition) is 0. The van der Waals surface area contributed by atoms with Gasteiger partial charge in [0, 0.05) is 6.42 Å². The molecule has 18 heavy (non-hydrogen) atoms. The zero-order valence-electron chi connectivity index (χ0n) is 12.5. The van der Waals surface area contributed by atoms with E-state index in [1.165, 1.54) is 18.1 Å². The van der Waals surface area contributed by atoms with Crippen molar-refractivity contribution in [2.24, 2.45) is 5.92 Å². The van der Waals surface area contributed by atoms with E-state index in [2.05, 4.69) is 63.3 Å². The summed E-state index contributed by atoms with van der Waals surface area (Å²) in [7, 11) is -1.24. The van der Waals surface area contributed by atoms with Crippen molar-refractivity contribution in [2.45, 2.75) is 70.6 Å². The predicted octanol–water partition coefficient (Wildman–Crippen LogP) is 5.57. The van der Waals surface area contributed by atoms with Crippen molar-refractivity contribution < 1.29 is 4.79 Å². The third-order valence-electron chi connectivity index (χ3n) is 5.62. The maximum absolute atomic E-state index is 11.7. The summed E-state index contributed by atoms with van der Waals surface area (Å²) >= 11 is 2.23. The fourth-order valence-electron chi connectivity index (χ4n) is 3.84. The van der Waals surface area contributed by atoms with Gasteiger partial charge in [0.2, 0.25) is 0 Å². The summed E-state index contributed by atoms with van der Waals surface area (Å²) in [6.07, 6.45) is 4.09. The number of carbonyl (C=O) groups excluding carboxylic acids is 1. The Morgan fingerprint density at radius 2 is 1.78 bits per heavy atom. The van der Waals surface area contributed by atoms with Gasteiger partial charge in [0.1, 0.15) is 0 Å². The van der Waals surface area contributed by atoms with Crippen LogP contribution in [-0.4, -0.2) is 13.9 Å². The first-order valence-electron chi connectivity index (χ1n) is 7.25. The van der Waals surface area contributed by atoms with Crippen LogP contribution in [-0.2, 0) is 4.79 Å². The van der Waals surface area contributed by atoms with Crippen LogP contribution < -0.4 is 0 Å². The number of hydrogen-bond acceptors (Lipinski definition) is 1. The van der Waals surface area contributed by atoms with E-state index in [0.29, 0.717) is 16.7 Å². The van der Waals surface area contributed by atoms with Crippen LogP contribution in [0.25, 0.3) is 0 Å². The second kappa shape index (κ2) is 6.20. The molecule has 1 aliphatic rings.